The first-order valence-corrected chi connectivity index (χ1v) is 7.14. The van der Waals surface area contributed by atoms with E-state index in [4.69, 9.17) is 0 Å². The Balaban J connectivity index is 2.68. The molecule has 0 bridgehead atoms. The van der Waals surface area contributed by atoms with Gasteiger partial charge in [0, 0.05) is 0 Å². The second-order valence-corrected chi connectivity index (χ2v) is 7.27. The zero-order valence-electron chi connectivity index (χ0n) is 13.0. The molecule has 0 heterocycles. The van der Waals surface area contributed by atoms with Gasteiger partial charge in [0.05, 0.1) is 6.42 Å². The van der Waals surface area contributed by atoms with Crippen molar-refractivity contribution in [2.75, 3.05) is 0 Å². The van der Waals surface area contributed by atoms with Crippen molar-refractivity contribution in [3.8, 4) is 0 Å². The molecule has 0 fully saturated rings. The summed E-state index contributed by atoms with van der Waals surface area (Å²) in [7, 11) is 0. The van der Waals surface area contributed by atoms with Crippen LogP contribution in [0.1, 0.15) is 63.3 Å². The number of rotatable bonds is 2. The van der Waals surface area contributed by atoms with Gasteiger partial charge in [0.1, 0.15) is 6.29 Å². The van der Waals surface area contributed by atoms with E-state index < -0.39 is 0 Å². The minimum atomic E-state index is 0.184. The van der Waals surface area contributed by atoms with E-state index in [-0.39, 0.29) is 10.8 Å². The van der Waals surface area contributed by atoms with Gasteiger partial charge in [-0.3, -0.25) is 0 Å². The van der Waals surface area contributed by atoms with E-state index in [0.717, 1.165) is 11.8 Å². The Hall–Kier alpha value is -1.11. The lowest BCUT2D eigenvalue weighted by molar-refractivity contribution is -0.104. The molecule has 0 N–H and O–H groups in total. The fourth-order valence-corrected chi connectivity index (χ4v) is 3.47. The summed E-state index contributed by atoms with van der Waals surface area (Å²) in [6.45, 7) is 13.8. The SMILES string of the molecule is Cc1cc2c(cc1[CH]C=O)C(C)(C)CC(C)C2(C)C. The maximum atomic E-state index is 10.8. The molecule has 1 heteroatoms. The maximum Gasteiger partial charge on any atom is 0.128 e. The van der Waals surface area contributed by atoms with Gasteiger partial charge in [-0.25, -0.2) is 0 Å². The second kappa shape index (κ2) is 4.47. The van der Waals surface area contributed by atoms with Crippen LogP contribution in [-0.4, -0.2) is 6.29 Å². The molecule has 1 radical (unpaired) electrons. The van der Waals surface area contributed by atoms with Crippen molar-refractivity contribution in [1.82, 2.24) is 0 Å². The molecule has 1 aliphatic rings. The first-order chi connectivity index (χ1) is 8.70. The largest absolute Gasteiger partial charge is 0.303 e. The van der Waals surface area contributed by atoms with Crippen LogP contribution in [0.3, 0.4) is 0 Å². The normalized spacial score (nSPS) is 23.8. The predicted octanol–water partition coefficient (Wildman–Crippen LogP) is 4.34. The lowest BCUT2D eigenvalue weighted by Crippen LogP contribution is -2.40. The molecule has 0 aliphatic heterocycles. The number of hydrogen-bond donors (Lipinski definition) is 0. The highest BCUT2D eigenvalue weighted by molar-refractivity contribution is 5.69. The van der Waals surface area contributed by atoms with Gasteiger partial charge in [0.25, 0.3) is 0 Å². The average Bonchev–Trinajstić information content (AvgIpc) is 2.29. The molecule has 0 saturated carbocycles. The standard InChI is InChI=1S/C18H25O/c1-12-9-16-15(10-14(12)7-8-19)17(3,4)11-13(2)18(16,5)6/h7-10,13H,11H2,1-6H3. The number of aldehydes is 1. The molecule has 1 aliphatic carbocycles. The zero-order chi connectivity index (χ0) is 14.4. The van der Waals surface area contributed by atoms with Crippen LogP contribution in [0.4, 0.5) is 0 Å². The smallest absolute Gasteiger partial charge is 0.128 e. The third kappa shape index (κ3) is 2.24. The van der Waals surface area contributed by atoms with Crippen molar-refractivity contribution in [3.05, 3.63) is 40.8 Å². The number of fused-ring (bicyclic) bond motifs is 1. The van der Waals surface area contributed by atoms with Crippen LogP contribution in [0.5, 0.6) is 0 Å². The van der Waals surface area contributed by atoms with Crippen LogP contribution in [0.25, 0.3) is 0 Å². The van der Waals surface area contributed by atoms with Crippen LogP contribution >= 0.6 is 0 Å². The van der Waals surface area contributed by atoms with E-state index in [1.807, 2.05) is 0 Å². The van der Waals surface area contributed by atoms with Gasteiger partial charge in [0.15, 0.2) is 0 Å². The summed E-state index contributed by atoms with van der Waals surface area (Å²) >= 11 is 0. The summed E-state index contributed by atoms with van der Waals surface area (Å²) < 4.78 is 0. The Morgan fingerprint density at radius 3 is 2.37 bits per heavy atom. The maximum absolute atomic E-state index is 10.8. The minimum absolute atomic E-state index is 0.184. The third-order valence-corrected chi connectivity index (χ3v) is 5.13. The Morgan fingerprint density at radius 1 is 1.16 bits per heavy atom. The van der Waals surface area contributed by atoms with Gasteiger partial charge in [-0.15, -0.1) is 0 Å². The van der Waals surface area contributed by atoms with E-state index in [1.165, 1.54) is 23.1 Å². The van der Waals surface area contributed by atoms with Gasteiger partial charge < -0.3 is 4.79 Å². The molecular weight excluding hydrogens is 232 g/mol. The first kappa shape index (κ1) is 14.3. The fourth-order valence-electron chi connectivity index (χ4n) is 3.47. The number of hydrogen-bond acceptors (Lipinski definition) is 1. The molecule has 0 amide bonds. The van der Waals surface area contributed by atoms with Gasteiger partial charge in [0.2, 0.25) is 0 Å². The third-order valence-electron chi connectivity index (χ3n) is 5.13. The molecule has 2 rings (SSSR count). The number of aryl methyl sites for hydroxylation is 1. The van der Waals surface area contributed by atoms with Crippen LogP contribution in [-0.2, 0) is 15.6 Å². The molecule has 0 saturated heterocycles. The first-order valence-electron chi connectivity index (χ1n) is 7.14. The topological polar surface area (TPSA) is 17.1 Å². The highest BCUT2D eigenvalue weighted by atomic mass is 16.1. The average molecular weight is 257 g/mol. The Labute approximate surface area is 117 Å². The van der Waals surface area contributed by atoms with Gasteiger partial charge in [-0.05, 0) is 52.3 Å². The number of carbonyl (C=O) groups is 1. The summed E-state index contributed by atoms with van der Waals surface area (Å²) in [6, 6.07) is 4.52. The quantitative estimate of drug-likeness (QED) is 0.720. The summed E-state index contributed by atoms with van der Waals surface area (Å²) in [4.78, 5) is 10.8. The highest BCUT2D eigenvalue weighted by Crippen LogP contribution is 2.49. The molecule has 1 aromatic rings. The molecule has 0 spiro atoms. The van der Waals surface area contributed by atoms with Crippen molar-refractivity contribution >= 4 is 6.29 Å². The predicted molar refractivity (Wildman–Crippen MR) is 80.5 cm³/mol. The second-order valence-electron chi connectivity index (χ2n) is 7.27. The molecule has 1 nitrogen and oxygen atoms in total. The van der Waals surface area contributed by atoms with Crippen LogP contribution in [0.15, 0.2) is 12.1 Å². The summed E-state index contributed by atoms with van der Waals surface area (Å²) in [6.07, 6.45) is 3.76. The molecule has 1 atom stereocenters. The Kier molecular flexibility index (Phi) is 3.36. The van der Waals surface area contributed by atoms with Crippen LogP contribution in [0.2, 0.25) is 0 Å². The molecule has 19 heavy (non-hydrogen) atoms. The fraction of sp³-hybridized carbons (Fsp3) is 0.556. The van der Waals surface area contributed by atoms with Crippen molar-refractivity contribution in [3.63, 3.8) is 0 Å². The molecule has 0 aromatic heterocycles. The summed E-state index contributed by atoms with van der Waals surface area (Å²) in [5.74, 6) is 0.662. The van der Waals surface area contributed by atoms with E-state index in [2.05, 4.69) is 53.7 Å². The Morgan fingerprint density at radius 2 is 1.79 bits per heavy atom. The van der Waals surface area contributed by atoms with Crippen molar-refractivity contribution < 1.29 is 4.79 Å². The Bertz CT molecular complexity index is 509. The van der Waals surface area contributed by atoms with E-state index in [9.17, 15) is 4.79 Å². The summed E-state index contributed by atoms with van der Waals surface area (Å²) in [5.41, 5.74) is 5.51. The lowest BCUT2D eigenvalue weighted by Gasteiger charge is -2.47. The van der Waals surface area contributed by atoms with Crippen molar-refractivity contribution in [1.29, 1.82) is 0 Å². The van der Waals surface area contributed by atoms with E-state index in [1.54, 1.807) is 6.42 Å². The zero-order valence-corrected chi connectivity index (χ0v) is 13.0. The van der Waals surface area contributed by atoms with Gasteiger partial charge >= 0.3 is 0 Å². The molecule has 1 aromatic carbocycles. The van der Waals surface area contributed by atoms with E-state index >= 15 is 0 Å². The van der Waals surface area contributed by atoms with E-state index in [0.29, 0.717) is 5.92 Å². The minimum Gasteiger partial charge on any atom is -0.303 e. The van der Waals surface area contributed by atoms with Crippen LogP contribution < -0.4 is 0 Å². The van der Waals surface area contributed by atoms with Crippen molar-refractivity contribution in [2.45, 2.75) is 58.8 Å². The summed E-state index contributed by atoms with van der Waals surface area (Å²) in [5, 5.41) is 0. The monoisotopic (exact) mass is 257 g/mol. The molecule has 103 valence electrons. The van der Waals surface area contributed by atoms with Crippen LogP contribution in [0, 0.1) is 19.3 Å². The lowest BCUT2D eigenvalue weighted by atomic mass is 9.58. The number of benzene rings is 1. The van der Waals surface area contributed by atoms with Gasteiger partial charge in [-0.2, -0.15) is 0 Å². The highest BCUT2D eigenvalue weighted by Gasteiger charge is 2.42. The van der Waals surface area contributed by atoms with Gasteiger partial charge in [-0.1, -0.05) is 46.8 Å². The molecular formula is C18H25O. The number of carbonyl (C=O) groups excluding carboxylic acids is 1. The molecule has 1 unspecified atom stereocenters. The van der Waals surface area contributed by atoms with Crippen molar-refractivity contribution in [2.24, 2.45) is 5.92 Å².